The smallest absolute Gasteiger partial charge is 0.260 e. The average Bonchev–Trinajstić information content (AvgIpc) is 2.97. The number of hydrogen-bond donors (Lipinski definition) is 0. The second-order valence-electron chi connectivity index (χ2n) is 9.23. The predicted octanol–water partition coefficient (Wildman–Crippen LogP) is 6.39. The summed E-state index contributed by atoms with van der Waals surface area (Å²) in [4.78, 5) is 23.0. The summed E-state index contributed by atoms with van der Waals surface area (Å²) in [6, 6.07) is 23.5. The Labute approximate surface area is 218 Å². The molecular formula is C30H24F3N5. The molecule has 0 saturated carbocycles. The summed E-state index contributed by atoms with van der Waals surface area (Å²) in [5, 5.41) is 0. The number of pyridine rings is 5. The molecule has 8 heteroatoms. The van der Waals surface area contributed by atoms with E-state index in [2.05, 4.69) is 19.9 Å². The molecule has 0 N–H and O–H groups in total. The van der Waals surface area contributed by atoms with Gasteiger partial charge >= 0.3 is 6.18 Å². The van der Waals surface area contributed by atoms with Gasteiger partial charge in [-0.2, -0.15) is 13.2 Å². The Morgan fingerprint density at radius 1 is 0.474 bits per heavy atom. The van der Waals surface area contributed by atoms with Crippen LogP contribution in [0.3, 0.4) is 0 Å². The minimum absolute atomic E-state index is 0.165. The topological polar surface area (TPSA) is 64.5 Å². The van der Waals surface area contributed by atoms with Gasteiger partial charge < -0.3 is 0 Å². The molecule has 0 saturated heterocycles. The first kappa shape index (κ1) is 25.2. The van der Waals surface area contributed by atoms with Crippen LogP contribution in [0.1, 0.15) is 53.6 Å². The Balaban J connectivity index is 1.86. The summed E-state index contributed by atoms with van der Waals surface area (Å²) in [5.74, 6) is 0. The summed E-state index contributed by atoms with van der Waals surface area (Å²) < 4.78 is 43.3. The van der Waals surface area contributed by atoms with Gasteiger partial charge in [0.2, 0.25) is 0 Å². The Morgan fingerprint density at radius 2 is 0.789 bits per heavy atom. The summed E-state index contributed by atoms with van der Waals surface area (Å²) in [7, 11) is 0. The molecule has 0 bridgehead atoms. The Bertz CT molecular complexity index is 1320. The van der Waals surface area contributed by atoms with E-state index in [1.807, 2.05) is 0 Å². The number of alkyl halides is 3. The fourth-order valence-electron chi connectivity index (χ4n) is 4.63. The standard InChI is InChI=1S/C30H24F3N5/c1-28(22-11-3-7-15-34-22,23-12-4-8-16-35-23)26-19-21(30(31,32)33)20-27(38-26)29(2,24-13-5-9-17-36-24)25-14-6-10-18-37-25/h3-20H,1-2H3. The van der Waals surface area contributed by atoms with E-state index in [1.54, 1.807) is 111 Å². The molecule has 0 fully saturated rings. The highest BCUT2D eigenvalue weighted by Gasteiger charge is 2.43. The lowest BCUT2D eigenvalue weighted by Gasteiger charge is -2.33. The van der Waals surface area contributed by atoms with Crippen molar-refractivity contribution >= 4 is 0 Å². The van der Waals surface area contributed by atoms with Crippen molar-refractivity contribution in [3.05, 3.63) is 149 Å². The lowest BCUT2D eigenvalue weighted by Crippen LogP contribution is -2.34. The van der Waals surface area contributed by atoms with Crippen molar-refractivity contribution in [3.8, 4) is 0 Å². The van der Waals surface area contributed by atoms with E-state index < -0.39 is 22.6 Å². The third-order valence-corrected chi connectivity index (χ3v) is 6.89. The lowest BCUT2D eigenvalue weighted by atomic mass is 9.75. The lowest BCUT2D eigenvalue weighted by molar-refractivity contribution is -0.137. The van der Waals surface area contributed by atoms with Crippen molar-refractivity contribution < 1.29 is 13.2 Å². The molecule has 0 aromatic carbocycles. The van der Waals surface area contributed by atoms with Gasteiger partial charge in [0.05, 0.1) is 50.6 Å². The molecule has 5 aromatic heterocycles. The van der Waals surface area contributed by atoms with Gasteiger partial charge in [-0.15, -0.1) is 0 Å². The third-order valence-electron chi connectivity index (χ3n) is 6.89. The zero-order chi connectivity index (χ0) is 26.8. The molecule has 0 spiro atoms. The van der Waals surface area contributed by atoms with Crippen molar-refractivity contribution in [1.82, 2.24) is 24.9 Å². The van der Waals surface area contributed by atoms with E-state index >= 15 is 0 Å². The minimum Gasteiger partial charge on any atom is -0.260 e. The summed E-state index contributed by atoms with van der Waals surface area (Å²) >= 11 is 0. The zero-order valence-corrected chi connectivity index (χ0v) is 20.8. The zero-order valence-electron chi connectivity index (χ0n) is 20.8. The second-order valence-corrected chi connectivity index (χ2v) is 9.23. The molecule has 5 heterocycles. The van der Waals surface area contributed by atoms with E-state index in [9.17, 15) is 13.2 Å². The van der Waals surface area contributed by atoms with Gasteiger partial charge in [-0.1, -0.05) is 24.3 Å². The minimum atomic E-state index is -4.63. The maximum Gasteiger partial charge on any atom is 0.416 e. The van der Waals surface area contributed by atoms with E-state index in [-0.39, 0.29) is 11.4 Å². The molecule has 0 amide bonds. The highest BCUT2D eigenvalue weighted by atomic mass is 19.4. The van der Waals surface area contributed by atoms with Gasteiger partial charge in [-0.05, 0) is 74.5 Å². The quantitative estimate of drug-likeness (QED) is 0.264. The van der Waals surface area contributed by atoms with E-state index in [1.165, 1.54) is 0 Å². The molecule has 0 aliphatic heterocycles. The van der Waals surface area contributed by atoms with Gasteiger partial charge in [-0.25, -0.2) is 0 Å². The SMILES string of the molecule is CC(c1ccccn1)(c1ccccn1)c1cc(C(F)(F)F)cc(C(C)(c2ccccn2)c2ccccn2)n1. The summed E-state index contributed by atoms with van der Waals surface area (Å²) in [6.45, 7) is 3.59. The van der Waals surface area contributed by atoms with Crippen molar-refractivity contribution in [2.24, 2.45) is 0 Å². The second kappa shape index (κ2) is 9.78. The molecule has 0 radical (unpaired) electrons. The first-order valence-corrected chi connectivity index (χ1v) is 12.0. The Morgan fingerprint density at radius 3 is 1.03 bits per heavy atom. The van der Waals surface area contributed by atoms with Crippen molar-refractivity contribution in [3.63, 3.8) is 0 Å². The van der Waals surface area contributed by atoms with Crippen LogP contribution in [-0.2, 0) is 17.0 Å². The maximum absolute atomic E-state index is 14.4. The van der Waals surface area contributed by atoms with Crippen LogP contribution in [0.4, 0.5) is 13.2 Å². The fourth-order valence-corrected chi connectivity index (χ4v) is 4.63. The first-order valence-electron chi connectivity index (χ1n) is 12.0. The molecule has 0 aliphatic carbocycles. The highest BCUT2D eigenvalue weighted by Crippen LogP contribution is 2.43. The van der Waals surface area contributed by atoms with Crippen LogP contribution in [0, 0.1) is 0 Å². The third kappa shape index (κ3) is 4.42. The van der Waals surface area contributed by atoms with Crippen LogP contribution in [0.25, 0.3) is 0 Å². The molecule has 190 valence electrons. The molecule has 0 unspecified atom stereocenters. The van der Waals surface area contributed by atoms with Crippen LogP contribution in [0.2, 0.25) is 0 Å². The molecule has 0 aliphatic rings. The Kier molecular flexibility index (Phi) is 6.48. The molecule has 38 heavy (non-hydrogen) atoms. The summed E-state index contributed by atoms with van der Waals surface area (Å²) in [5.41, 5.74) is -0.781. The van der Waals surface area contributed by atoms with E-state index in [0.29, 0.717) is 22.8 Å². The van der Waals surface area contributed by atoms with Gasteiger partial charge in [0.15, 0.2) is 0 Å². The number of aromatic nitrogens is 5. The van der Waals surface area contributed by atoms with E-state index in [4.69, 9.17) is 4.98 Å². The summed E-state index contributed by atoms with van der Waals surface area (Å²) in [6.07, 6.45) is 1.80. The fraction of sp³-hybridized carbons (Fsp3) is 0.167. The molecular weight excluding hydrogens is 487 g/mol. The van der Waals surface area contributed by atoms with Crippen LogP contribution >= 0.6 is 0 Å². The predicted molar refractivity (Wildman–Crippen MR) is 137 cm³/mol. The average molecular weight is 512 g/mol. The largest absolute Gasteiger partial charge is 0.416 e. The maximum atomic E-state index is 14.4. The normalized spacial score (nSPS) is 12.3. The van der Waals surface area contributed by atoms with Crippen molar-refractivity contribution in [2.45, 2.75) is 30.9 Å². The highest BCUT2D eigenvalue weighted by molar-refractivity contribution is 5.48. The van der Waals surface area contributed by atoms with E-state index in [0.717, 1.165) is 12.1 Å². The van der Waals surface area contributed by atoms with Crippen molar-refractivity contribution in [1.29, 1.82) is 0 Å². The van der Waals surface area contributed by atoms with Crippen LogP contribution in [0.5, 0.6) is 0 Å². The van der Waals surface area contributed by atoms with Crippen LogP contribution < -0.4 is 0 Å². The number of nitrogens with zero attached hydrogens (tertiary/aromatic N) is 5. The van der Waals surface area contributed by atoms with Crippen LogP contribution in [-0.4, -0.2) is 24.9 Å². The van der Waals surface area contributed by atoms with Crippen LogP contribution in [0.15, 0.2) is 110 Å². The number of halogens is 3. The molecule has 5 aromatic rings. The molecule has 5 rings (SSSR count). The van der Waals surface area contributed by atoms with Crippen molar-refractivity contribution in [2.75, 3.05) is 0 Å². The van der Waals surface area contributed by atoms with Gasteiger partial charge in [0, 0.05) is 24.8 Å². The molecule has 5 nitrogen and oxygen atoms in total. The Hall–Kier alpha value is -4.46. The molecule has 0 atom stereocenters. The van der Waals surface area contributed by atoms with Gasteiger partial charge in [-0.3, -0.25) is 24.9 Å². The first-order chi connectivity index (χ1) is 18.2. The number of rotatable bonds is 6. The van der Waals surface area contributed by atoms with Gasteiger partial charge in [0.1, 0.15) is 0 Å². The van der Waals surface area contributed by atoms with Gasteiger partial charge in [0.25, 0.3) is 0 Å². The number of hydrogen-bond acceptors (Lipinski definition) is 5. The monoisotopic (exact) mass is 511 g/mol.